The Morgan fingerprint density at radius 1 is 1.33 bits per heavy atom. The first kappa shape index (κ1) is 17.1. The topological polar surface area (TPSA) is 57.3 Å². The molecule has 0 saturated carbocycles. The lowest BCUT2D eigenvalue weighted by Crippen LogP contribution is -2.29. The lowest BCUT2D eigenvalue weighted by atomic mass is 10.1. The number of anilines is 1. The van der Waals surface area contributed by atoms with Crippen molar-refractivity contribution in [1.29, 1.82) is 0 Å². The van der Waals surface area contributed by atoms with Crippen LogP contribution in [0.2, 0.25) is 0 Å². The highest BCUT2D eigenvalue weighted by Crippen LogP contribution is 2.29. The molecule has 0 radical (unpaired) electrons. The Hall–Kier alpha value is -1.76. The van der Waals surface area contributed by atoms with E-state index < -0.39 is 0 Å². The van der Waals surface area contributed by atoms with Crippen LogP contribution in [0.5, 0.6) is 0 Å². The normalized spacial score (nSPS) is 14.4. The summed E-state index contributed by atoms with van der Waals surface area (Å²) in [6.07, 6.45) is 2.33. The van der Waals surface area contributed by atoms with Gasteiger partial charge in [0.15, 0.2) is 5.13 Å². The van der Waals surface area contributed by atoms with Crippen molar-refractivity contribution >= 4 is 22.4 Å². The first-order valence-electron chi connectivity index (χ1n) is 8.44. The number of hydrogen-bond acceptors (Lipinski definition) is 5. The zero-order valence-electron chi connectivity index (χ0n) is 14.0. The highest BCUT2D eigenvalue weighted by atomic mass is 32.1. The third-order valence-electron chi connectivity index (χ3n) is 4.14. The first-order chi connectivity index (χ1) is 11.7. The molecule has 24 heavy (non-hydrogen) atoms. The molecule has 1 aromatic carbocycles. The molecule has 0 saturated heterocycles. The van der Waals surface area contributed by atoms with Gasteiger partial charge in [-0.15, -0.1) is 11.3 Å². The summed E-state index contributed by atoms with van der Waals surface area (Å²) in [6.45, 7) is 3.75. The van der Waals surface area contributed by atoms with Crippen molar-refractivity contribution in [3.05, 3.63) is 46.5 Å². The number of carbonyl (C=O) groups is 1. The van der Waals surface area contributed by atoms with E-state index >= 15 is 0 Å². The van der Waals surface area contributed by atoms with Gasteiger partial charge >= 0.3 is 0 Å². The Labute approximate surface area is 147 Å². The summed E-state index contributed by atoms with van der Waals surface area (Å²) < 4.78 is 0. The van der Waals surface area contributed by atoms with Gasteiger partial charge in [-0.3, -0.25) is 9.69 Å². The Kier molecular flexibility index (Phi) is 5.96. The molecule has 1 aromatic heterocycles. The van der Waals surface area contributed by atoms with E-state index in [0.29, 0.717) is 6.42 Å². The van der Waals surface area contributed by atoms with Crippen molar-refractivity contribution in [3.63, 3.8) is 0 Å². The zero-order valence-corrected chi connectivity index (χ0v) is 14.9. The maximum Gasteiger partial charge on any atom is 0.226 e. The second-order valence-corrected chi connectivity index (χ2v) is 7.17. The predicted octanol–water partition coefficient (Wildman–Crippen LogP) is 2.64. The van der Waals surface area contributed by atoms with Crippen LogP contribution in [0.4, 0.5) is 5.13 Å². The van der Waals surface area contributed by atoms with Gasteiger partial charge in [0.05, 0.1) is 5.69 Å². The fourth-order valence-corrected chi connectivity index (χ4v) is 3.95. The van der Waals surface area contributed by atoms with Gasteiger partial charge in [0.2, 0.25) is 5.91 Å². The van der Waals surface area contributed by atoms with Crippen LogP contribution in [0, 0.1) is 0 Å². The molecule has 6 heteroatoms. The number of fused-ring (bicyclic) bond motifs is 1. The second kappa shape index (κ2) is 8.37. The predicted molar refractivity (Wildman–Crippen MR) is 98.2 cm³/mol. The zero-order chi connectivity index (χ0) is 16.8. The molecule has 0 aliphatic carbocycles. The number of amides is 1. The molecular weight excluding hydrogens is 320 g/mol. The molecule has 0 atom stereocenters. The van der Waals surface area contributed by atoms with Gasteiger partial charge in [0, 0.05) is 37.4 Å². The Balaban J connectivity index is 1.55. The summed E-state index contributed by atoms with van der Waals surface area (Å²) in [5.74, 6) is 0.0532. The van der Waals surface area contributed by atoms with E-state index in [1.807, 2.05) is 13.1 Å². The molecule has 2 aromatic rings. The molecule has 2 N–H and O–H groups in total. The maximum absolute atomic E-state index is 11.9. The Bertz CT molecular complexity index is 671. The third-order valence-corrected chi connectivity index (χ3v) is 5.13. The average molecular weight is 344 g/mol. The molecule has 0 fully saturated rings. The first-order valence-corrected chi connectivity index (χ1v) is 9.25. The number of thiazole rings is 1. The standard InChI is InChI=1S/C18H24N4OS/c1-19-10-5-8-17(23)21-18-20-15-9-11-22(13-16(15)24-18)12-14-6-3-2-4-7-14/h2-4,6-7,19H,5,8-13H2,1H3,(H,20,21,23). The van der Waals surface area contributed by atoms with E-state index in [0.717, 1.165) is 49.8 Å². The summed E-state index contributed by atoms with van der Waals surface area (Å²) in [5.41, 5.74) is 2.48. The number of aromatic nitrogens is 1. The van der Waals surface area contributed by atoms with Gasteiger partial charge in [-0.2, -0.15) is 0 Å². The van der Waals surface area contributed by atoms with Crippen LogP contribution in [0.1, 0.15) is 29.0 Å². The number of benzene rings is 1. The van der Waals surface area contributed by atoms with Crippen molar-refractivity contribution in [2.24, 2.45) is 0 Å². The quantitative estimate of drug-likeness (QED) is 0.758. The van der Waals surface area contributed by atoms with Gasteiger partial charge in [0.1, 0.15) is 0 Å². The fraction of sp³-hybridized carbons (Fsp3) is 0.444. The minimum atomic E-state index is 0.0532. The van der Waals surface area contributed by atoms with Crippen molar-refractivity contribution in [2.75, 3.05) is 25.5 Å². The summed E-state index contributed by atoms with van der Waals surface area (Å²) >= 11 is 1.62. The molecular formula is C18H24N4OS. The third kappa shape index (κ3) is 4.63. The molecule has 128 valence electrons. The molecule has 0 spiro atoms. The largest absolute Gasteiger partial charge is 0.320 e. The monoisotopic (exact) mass is 344 g/mol. The van der Waals surface area contributed by atoms with Crippen molar-refractivity contribution in [2.45, 2.75) is 32.4 Å². The van der Waals surface area contributed by atoms with E-state index in [1.165, 1.54) is 10.4 Å². The summed E-state index contributed by atoms with van der Waals surface area (Å²) in [5, 5.41) is 6.74. The van der Waals surface area contributed by atoms with Crippen LogP contribution >= 0.6 is 11.3 Å². The Morgan fingerprint density at radius 2 is 2.17 bits per heavy atom. The highest BCUT2D eigenvalue weighted by molar-refractivity contribution is 7.15. The van der Waals surface area contributed by atoms with Crippen LogP contribution in [-0.2, 0) is 24.3 Å². The molecule has 0 unspecified atom stereocenters. The van der Waals surface area contributed by atoms with E-state index in [9.17, 15) is 4.79 Å². The molecule has 1 aliphatic rings. The molecule has 5 nitrogen and oxygen atoms in total. The maximum atomic E-state index is 11.9. The summed E-state index contributed by atoms with van der Waals surface area (Å²) in [7, 11) is 1.90. The SMILES string of the molecule is CNCCCC(=O)Nc1nc2c(s1)CN(Cc1ccccc1)CC2. The Morgan fingerprint density at radius 3 is 2.96 bits per heavy atom. The minimum Gasteiger partial charge on any atom is -0.320 e. The number of rotatable bonds is 7. The van der Waals surface area contributed by atoms with E-state index in [4.69, 9.17) is 0 Å². The molecule has 0 bridgehead atoms. The van der Waals surface area contributed by atoms with Crippen LogP contribution < -0.4 is 10.6 Å². The molecule has 1 amide bonds. The van der Waals surface area contributed by atoms with Crippen molar-refractivity contribution < 1.29 is 4.79 Å². The smallest absolute Gasteiger partial charge is 0.226 e. The van der Waals surface area contributed by atoms with E-state index in [1.54, 1.807) is 11.3 Å². The molecule has 1 aliphatic heterocycles. The lowest BCUT2D eigenvalue weighted by molar-refractivity contribution is -0.116. The van der Waals surface area contributed by atoms with Gasteiger partial charge < -0.3 is 10.6 Å². The number of carbonyl (C=O) groups excluding carboxylic acids is 1. The molecule has 2 heterocycles. The number of nitrogens with one attached hydrogen (secondary N) is 2. The van der Waals surface area contributed by atoms with Crippen molar-refractivity contribution in [1.82, 2.24) is 15.2 Å². The molecule has 3 rings (SSSR count). The van der Waals surface area contributed by atoms with Gasteiger partial charge in [0.25, 0.3) is 0 Å². The van der Waals surface area contributed by atoms with E-state index in [2.05, 4.69) is 44.8 Å². The number of hydrogen-bond donors (Lipinski definition) is 2. The summed E-state index contributed by atoms with van der Waals surface area (Å²) in [6, 6.07) is 10.5. The van der Waals surface area contributed by atoms with Gasteiger partial charge in [-0.1, -0.05) is 30.3 Å². The second-order valence-electron chi connectivity index (χ2n) is 6.09. The van der Waals surface area contributed by atoms with E-state index in [-0.39, 0.29) is 5.91 Å². The minimum absolute atomic E-state index is 0.0532. The lowest BCUT2D eigenvalue weighted by Gasteiger charge is -2.25. The summed E-state index contributed by atoms with van der Waals surface area (Å²) in [4.78, 5) is 20.2. The van der Waals surface area contributed by atoms with Crippen LogP contribution in [-0.4, -0.2) is 35.9 Å². The highest BCUT2D eigenvalue weighted by Gasteiger charge is 2.21. The van der Waals surface area contributed by atoms with Crippen LogP contribution in [0.15, 0.2) is 30.3 Å². The van der Waals surface area contributed by atoms with Gasteiger partial charge in [-0.05, 0) is 25.6 Å². The average Bonchev–Trinajstić information content (AvgIpc) is 2.97. The number of nitrogens with zero attached hydrogens (tertiary/aromatic N) is 2. The van der Waals surface area contributed by atoms with Crippen LogP contribution in [0.3, 0.4) is 0 Å². The van der Waals surface area contributed by atoms with Crippen molar-refractivity contribution in [3.8, 4) is 0 Å². The fourth-order valence-electron chi connectivity index (χ4n) is 2.89. The van der Waals surface area contributed by atoms with Crippen LogP contribution in [0.25, 0.3) is 0 Å². The van der Waals surface area contributed by atoms with Gasteiger partial charge in [-0.25, -0.2) is 4.98 Å².